The van der Waals surface area contributed by atoms with Crippen LogP contribution in [-0.4, -0.2) is 14.2 Å². The molecule has 0 bridgehead atoms. The van der Waals surface area contributed by atoms with E-state index in [4.69, 9.17) is 19.9 Å². The molecule has 0 unspecified atom stereocenters. The van der Waals surface area contributed by atoms with Gasteiger partial charge in [0.25, 0.3) is 0 Å². The average molecular weight is 291 g/mol. The van der Waals surface area contributed by atoms with Crippen molar-refractivity contribution in [1.29, 1.82) is 0 Å². The van der Waals surface area contributed by atoms with Crippen LogP contribution in [0, 0.1) is 5.82 Å². The molecule has 0 fully saturated rings. The van der Waals surface area contributed by atoms with Gasteiger partial charge in [-0.25, -0.2) is 4.39 Å². The molecule has 1 atom stereocenters. The number of halogens is 1. The van der Waals surface area contributed by atoms with Gasteiger partial charge in [-0.15, -0.1) is 0 Å². The molecule has 2 aromatic carbocycles. The summed E-state index contributed by atoms with van der Waals surface area (Å²) in [4.78, 5) is 0. The highest BCUT2D eigenvalue weighted by Crippen LogP contribution is 2.35. The van der Waals surface area contributed by atoms with Crippen molar-refractivity contribution >= 4 is 0 Å². The molecule has 0 radical (unpaired) electrons. The van der Waals surface area contributed by atoms with Crippen LogP contribution in [0.25, 0.3) is 0 Å². The zero-order valence-corrected chi connectivity index (χ0v) is 12.2. The van der Waals surface area contributed by atoms with Crippen LogP contribution in [0.2, 0.25) is 0 Å². The molecule has 0 saturated carbocycles. The first-order valence-corrected chi connectivity index (χ1v) is 6.50. The van der Waals surface area contributed by atoms with Crippen LogP contribution in [-0.2, 0) is 0 Å². The number of methoxy groups -OCH3 is 2. The molecule has 112 valence electrons. The highest BCUT2D eigenvalue weighted by atomic mass is 19.1. The predicted octanol–water partition coefficient (Wildman–Crippen LogP) is 3.65. The van der Waals surface area contributed by atoms with Gasteiger partial charge in [0, 0.05) is 29.8 Å². The fraction of sp³-hybridized carbons (Fsp3) is 0.250. The van der Waals surface area contributed by atoms with Gasteiger partial charge < -0.3 is 19.9 Å². The van der Waals surface area contributed by atoms with E-state index in [1.165, 1.54) is 20.3 Å². The van der Waals surface area contributed by atoms with Gasteiger partial charge in [-0.1, -0.05) is 12.1 Å². The van der Waals surface area contributed by atoms with Crippen molar-refractivity contribution in [3.63, 3.8) is 0 Å². The quantitative estimate of drug-likeness (QED) is 0.913. The van der Waals surface area contributed by atoms with E-state index in [1.54, 1.807) is 37.3 Å². The minimum Gasteiger partial charge on any atom is -0.496 e. The monoisotopic (exact) mass is 291 g/mol. The summed E-state index contributed by atoms with van der Waals surface area (Å²) >= 11 is 0. The molecule has 0 heterocycles. The third-order valence-electron chi connectivity index (χ3n) is 3.03. The van der Waals surface area contributed by atoms with Gasteiger partial charge in [0.05, 0.1) is 14.2 Å². The first-order valence-electron chi connectivity index (χ1n) is 6.50. The zero-order chi connectivity index (χ0) is 15.4. The molecule has 2 rings (SSSR count). The largest absolute Gasteiger partial charge is 0.496 e. The van der Waals surface area contributed by atoms with Crippen molar-refractivity contribution in [2.45, 2.75) is 13.0 Å². The highest BCUT2D eigenvalue weighted by molar-refractivity contribution is 5.46. The summed E-state index contributed by atoms with van der Waals surface area (Å²) in [7, 11) is 3.07. The van der Waals surface area contributed by atoms with Crippen LogP contribution in [0.4, 0.5) is 4.39 Å². The SMILES string of the molecule is COc1cc(OC)cc(Oc2c(F)cccc2[C@H](C)N)c1. The van der Waals surface area contributed by atoms with Crippen LogP contribution in [0.5, 0.6) is 23.0 Å². The van der Waals surface area contributed by atoms with Gasteiger partial charge in [0.15, 0.2) is 11.6 Å². The van der Waals surface area contributed by atoms with Crippen LogP contribution in [0.15, 0.2) is 36.4 Å². The lowest BCUT2D eigenvalue weighted by atomic mass is 10.1. The number of rotatable bonds is 5. The highest BCUT2D eigenvalue weighted by Gasteiger charge is 2.15. The smallest absolute Gasteiger partial charge is 0.167 e. The minimum absolute atomic E-state index is 0.114. The molecular formula is C16H18FNO3. The van der Waals surface area contributed by atoms with Crippen LogP contribution < -0.4 is 19.9 Å². The molecule has 5 heteroatoms. The Balaban J connectivity index is 2.42. The van der Waals surface area contributed by atoms with Crippen molar-refractivity contribution in [2.75, 3.05) is 14.2 Å². The summed E-state index contributed by atoms with van der Waals surface area (Å²) in [5.74, 6) is 1.18. The third kappa shape index (κ3) is 3.44. The molecule has 2 aromatic rings. The van der Waals surface area contributed by atoms with Gasteiger partial charge >= 0.3 is 0 Å². The zero-order valence-electron chi connectivity index (χ0n) is 12.2. The van der Waals surface area contributed by atoms with E-state index in [9.17, 15) is 4.39 Å². The van der Waals surface area contributed by atoms with E-state index in [0.717, 1.165) is 0 Å². The van der Waals surface area contributed by atoms with E-state index in [0.29, 0.717) is 22.8 Å². The summed E-state index contributed by atoms with van der Waals surface area (Å²) in [6.07, 6.45) is 0. The van der Waals surface area contributed by atoms with Gasteiger partial charge in [-0.3, -0.25) is 0 Å². The molecule has 0 aromatic heterocycles. The Morgan fingerprint density at radius 3 is 2.10 bits per heavy atom. The van der Waals surface area contributed by atoms with Crippen LogP contribution >= 0.6 is 0 Å². The van der Waals surface area contributed by atoms with Crippen molar-refractivity contribution in [3.8, 4) is 23.0 Å². The summed E-state index contributed by atoms with van der Waals surface area (Å²) < 4.78 is 30.0. The topological polar surface area (TPSA) is 53.7 Å². The Kier molecular flexibility index (Phi) is 4.65. The summed E-state index contributed by atoms with van der Waals surface area (Å²) in [5.41, 5.74) is 6.45. The van der Waals surface area contributed by atoms with E-state index in [2.05, 4.69) is 0 Å². The van der Waals surface area contributed by atoms with E-state index in [-0.39, 0.29) is 11.8 Å². The normalized spacial score (nSPS) is 11.9. The number of nitrogens with two attached hydrogens (primary N) is 1. The van der Waals surface area contributed by atoms with Gasteiger partial charge in [-0.05, 0) is 13.0 Å². The Morgan fingerprint density at radius 2 is 1.57 bits per heavy atom. The van der Waals surface area contributed by atoms with Crippen LogP contribution in [0.3, 0.4) is 0 Å². The average Bonchev–Trinajstić information content (AvgIpc) is 2.48. The number of hydrogen-bond acceptors (Lipinski definition) is 4. The number of hydrogen-bond donors (Lipinski definition) is 1. The van der Waals surface area contributed by atoms with E-state index in [1.807, 2.05) is 0 Å². The van der Waals surface area contributed by atoms with Gasteiger partial charge in [0.2, 0.25) is 0 Å². The third-order valence-corrected chi connectivity index (χ3v) is 3.03. The van der Waals surface area contributed by atoms with E-state index < -0.39 is 5.82 Å². The number of benzene rings is 2. The molecular weight excluding hydrogens is 273 g/mol. The lowest BCUT2D eigenvalue weighted by Gasteiger charge is -2.15. The van der Waals surface area contributed by atoms with Gasteiger partial charge in [-0.2, -0.15) is 0 Å². The fourth-order valence-electron chi connectivity index (χ4n) is 1.95. The Labute approximate surface area is 123 Å². The molecule has 0 amide bonds. The maximum absolute atomic E-state index is 14.0. The number of ether oxygens (including phenoxy) is 3. The first-order chi connectivity index (χ1) is 10.0. The van der Waals surface area contributed by atoms with Crippen molar-refractivity contribution in [3.05, 3.63) is 47.8 Å². The van der Waals surface area contributed by atoms with Crippen molar-refractivity contribution < 1.29 is 18.6 Å². The van der Waals surface area contributed by atoms with E-state index >= 15 is 0 Å². The lowest BCUT2D eigenvalue weighted by Crippen LogP contribution is -2.07. The Bertz CT molecular complexity index is 607. The molecule has 4 nitrogen and oxygen atoms in total. The second kappa shape index (κ2) is 6.45. The summed E-state index contributed by atoms with van der Waals surface area (Å²) in [6, 6.07) is 9.34. The standard InChI is InChI=1S/C16H18FNO3/c1-10(18)14-5-4-6-15(17)16(14)21-13-8-11(19-2)7-12(9-13)20-3/h4-10H,18H2,1-3H3/t10-/m0/s1. The fourth-order valence-corrected chi connectivity index (χ4v) is 1.95. The maximum atomic E-state index is 14.0. The maximum Gasteiger partial charge on any atom is 0.167 e. The molecule has 2 N–H and O–H groups in total. The second-order valence-electron chi connectivity index (χ2n) is 4.60. The minimum atomic E-state index is -0.466. The summed E-state index contributed by atoms with van der Waals surface area (Å²) in [6.45, 7) is 1.77. The first kappa shape index (κ1) is 15.1. The van der Waals surface area contributed by atoms with Crippen molar-refractivity contribution in [2.24, 2.45) is 5.73 Å². The van der Waals surface area contributed by atoms with Gasteiger partial charge in [0.1, 0.15) is 17.2 Å². The second-order valence-corrected chi connectivity index (χ2v) is 4.60. The molecule has 0 aliphatic rings. The van der Waals surface area contributed by atoms with Crippen molar-refractivity contribution in [1.82, 2.24) is 0 Å². The molecule has 0 aliphatic carbocycles. The summed E-state index contributed by atoms with van der Waals surface area (Å²) in [5, 5.41) is 0. The number of para-hydroxylation sites is 1. The predicted molar refractivity (Wildman–Crippen MR) is 78.6 cm³/mol. The van der Waals surface area contributed by atoms with Crippen LogP contribution in [0.1, 0.15) is 18.5 Å². The molecule has 0 spiro atoms. The Hall–Kier alpha value is -2.27. The Morgan fingerprint density at radius 1 is 1.00 bits per heavy atom. The lowest BCUT2D eigenvalue weighted by molar-refractivity contribution is 0.382. The molecule has 0 saturated heterocycles. The molecule has 21 heavy (non-hydrogen) atoms. The molecule has 0 aliphatic heterocycles.